The van der Waals surface area contributed by atoms with Gasteiger partial charge in [0.1, 0.15) is 17.2 Å². The Morgan fingerprint density at radius 2 is 1.00 bits per heavy atom. The van der Waals surface area contributed by atoms with Crippen LogP contribution in [0, 0.1) is 0 Å². The van der Waals surface area contributed by atoms with Crippen LogP contribution in [0.2, 0.25) is 0 Å². The number of carbonyl (C=O) groups excluding carboxylic acids is 1. The maximum atomic E-state index is 12.2. The molecule has 3 aromatic carbocycles. The molecular weight excluding hydrogens is 316 g/mol. The molecule has 0 spiro atoms. The summed E-state index contributed by atoms with van der Waals surface area (Å²) in [6, 6.07) is 21.9. The first kappa shape index (κ1) is 16.6. The molecule has 0 unspecified atom stereocenters. The Labute approximate surface area is 146 Å². The lowest BCUT2D eigenvalue weighted by Crippen LogP contribution is -2.08. The summed E-state index contributed by atoms with van der Waals surface area (Å²) in [6.07, 6.45) is 0. The minimum absolute atomic E-state index is 0.397. The molecule has 0 fully saturated rings. The number of esters is 1. The first-order chi connectivity index (χ1) is 12.2. The lowest BCUT2D eigenvalue weighted by molar-refractivity contribution is 0.0734. The van der Waals surface area contributed by atoms with Gasteiger partial charge >= 0.3 is 5.97 Å². The van der Waals surface area contributed by atoms with Crippen molar-refractivity contribution in [3.63, 3.8) is 0 Å². The monoisotopic (exact) mass is 334 g/mol. The molecule has 0 radical (unpaired) electrons. The van der Waals surface area contributed by atoms with Crippen molar-refractivity contribution >= 4 is 5.97 Å². The largest absolute Gasteiger partial charge is 0.497 e. The number of rotatable bonds is 5. The van der Waals surface area contributed by atoms with Crippen LogP contribution in [-0.2, 0) is 0 Å². The lowest BCUT2D eigenvalue weighted by atomic mass is 10.0. The normalized spacial score (nSPS) is 10.2. The molecule has 0 saturated carbocycles. The molecule has 0 N–H and O–H groups in total. The van der Waals surface area contributed by atoms with E-state index in [2.05, 4.69) is 0 Å². The van der Waals surface area contributed by atoms with Crippen LogP contribution in [0.5, 0.6) is 17.2 Å². The van der Waals surface area contributed by atoms with E-state index in [9.17, 15) is 4.79 Å². The van der Waals surface area contributed by atoms with E-state index < -0.39 is 5.97 Å². The van der Waals surface area contributed by atoms with Crippen LogP contribution in [-0.4, -0.2) is 20.2 Å². The number of hydrogen-bond acceptors (Lipinski definition) is 4. The zero-order valence-electron chi connectivity index (χ0n) is 14.1. The van der Waals surface area contributed by atoms with Crippen molar-refractivity contribution in [3.8, 4) is 28.4 Å². The number of benzene rings is 3. The molecule has 4 heteroatoms. The highest BCUT2D eigenvalue weighted by Gasteiger charge is 2.09. The second kappa shape index (κ2) is 7.53. The molecule has 4 nitrogen and oxygen atoms in total. The van der Waals surface area contributed by atoms with E-state index in [1.54, 1.807) is 50.6 Å². The summed E-state index contributed by atoms with van der Waals surface area (Å²) in [7, 11) is 3.23. The molecule has 25 heavy (non-hydrogen) atoms. The third kappa shape index (κ3) is 3.98. The summed E-state index contributed by atoms with van der Waals surface area (Å²) in [5.41, 5.74) is 2.56. The molecule has 0 heterocycles. The lowest BCUT2D eigenvalue weighted by Gasteiger charge is -2.07. The molecule has 126 valence electrons. The summed E-state index contributed by atoms with van der Waals surface area (Å²) in [5.74, 6) is 1.60. The zero-order valence-corrected chi connectivity index (χ0v) is 14.1. The van der Waals surface area contributed by atoms with E-state index in [1.165, 1.54) is 0 Å². The highest BCUT2D eigenvalue weighted by atomic mass is 16.5. The Hall–Kier alpha value is -3.27. The van der Waals surface area contributed by atoms with Crippen LogP contribution in [0.15, 0.2) is 72.8 Å². The van der Waals surface area contributed by atoms with Crippen LogP contribution in [0.25, 0.3) is 11.1 Å². The molecule has 0 amide bonds. The average molecular weight is 334 g/mol. The maximum Gasteiger partial charge on any atom is 0.343 e. The molecule has 3 rings (SSSR count). The van der Waals surface area contributed by atoms with Gasteiger partial charge in [0.25, 0.3) is 0 Å². The van der Waals surface area contributed by atoms with Crippen LogP contribution in [0.1, 0.15) is 10.4 Å². The predicted octanol–water partition coefficient (Wildman–Crippen LogP) is 4.59. The third-order valence-corrected chi connectivity index (χ3v) is 3.81. The van der Waals surface area contributed by atoms with Crippen LogP contribution in [0.3, 0.4) is 0 Å². The van der Waals surface area contributed by atoms with E-state index >= 15 is 0 Å². The van der Waals surface area contributed by atoms with E-state index in [0.717, 1.165) is 16.9 Å². The molecule has 0 saturated heterocycles. The minimum Gasteiger partial charge on any atom is -0.497 e. The van der Waals surface area contributed by atoms with E-state index in [-0.39, 0.29) is 0 Å². The third-order valence-electron chi connectivity index (χ3n) is 3.81. The quantitative estimate of drug-likeness (QED) is 0.506. The summed E-state index contributed by atoms with van der Waals surface area (Å²) < 4.78 is 15.6. The van der Waals surface area contributed by atoms with Crippen LogP contribution < -0.4 is 14.2 Å². The number of carbonyl (C=O) groups is 1. The Morgan fingerprint density at radius 3 is 1.48 bits per heavy atom. The first-order valence-electron chi connectivity index (χ1n) is 7.80. The Kier molecular flexibility index (Phi) is 5.00. The number of methoxy groups -OCH3 is 2. The average Bonchev–Trinajstić information content (AvgIpc) is 2.69. The smallest absolute Gasteiger partial charge is 0.343 e. The fraction of sp³-hybridized carbons (Fsp3) is 0.0952. The molecule has 0 bridgehead atoms. The van der Waals surface area contributed by atoms with Crippen molar-refractivity contribution in [2.45, 2.75) is 0 Å². The first-order valence-corrected chi connectivity index (χ1v) is 7.80. The molecule has 0 aromatic heterocycles. The van der Waals surface area contributed by atoms with Gasteiger partial charge in [-0.05, 0) is 59.7 Å². The summed E-state index contributed by atoms with van der Waals surface area (Å²) in [4.78, 5) is 12.2. The highest BCUT2D eigenvalue weighted by Crippen LogP contribution is 2.23. The Balaban J connectivity index is 1.71. The molecule has 3 aromatic rings. The summed E-state index contributed by atoms with van der Waals surface area (Å²) >= 11 is 0. The Bertz CT molecular complexity index is 835. The topological polar surface area (TPSA) is 44.8 Å². The second-order valence-corrected chi connectivity index (χ2v) is 5.37. The van der Waals surface area contributed by atoms with Crippen molar-refractivity contribution in [1.29, 1.82) is 0 Å². The summed E-state index contributed by atoms with van der Waals surface area (Å²) in [5, 5.41) is 0. The van der Waals surface area contributed by atoms with Gasteiger partial charge in [-0.25, -0.2) is 4.79 Å². The molecular formula is C21H18O4. The molecule has 0 aliphatic rings. The van der Waals surface area contributed by atoms with E-state index in [1.807, 2.05) is 36.4 Å². The van der Waals surface area contributed by atoms with Crippen molar-refractivity contribution in [3.05, 3.63) is 78.4 Å². The Morgan fingerprint density at radius 1 is 0.600 bits per heavy atom. The van der Waals surface area contributed by atoms with Crippen LogP contribution in [0.4, 0.5) is 0 Å². The zero-order chi connectivity index (χ0) is 17.6. The van der Waals surface area contributed by atoms with Gasteiger partial charge in [0.05, 0.1) is 19.8 Å². The van der Waals surface area contributed by atoms with Gasteiger partial charge in [-0.3, -0.25) is 0 Å². The van der Waals surface area contributed by atoms with Gasteiger partial charge in [0.2, 0.25) is 0 Å². The van der Waals surface area contributed by atoms with Gasteiger partial charge in [0.15, 0.2) is 0 Å². The van der Waals surface area contributed by atoms with Gasteiger partial charge in [-0.15, -0.1) is 0 Å². The summed E-state index contributed by atoms with van der Waals surface area (Å²) in [6.45, 7) is 0. The molecule has 0 aliphatic heterocycles. The number of ether oxygens (including phenoxy) is 3. The second-order valence-electron chi connectivity index (χ2n) is 5.37. The van der Waals surface area contributed by atoms with Gasteiger partial charge in [-0.1, -0.05) is 24.3 Å². The fourth-order valence-corrected chi connectivity index (χ4v) is 2.39. The highest BCUT2D eigenvalue weighted by molar-refractivity contribution is 5.91. The standard InChI is InChI=1S/C21H18O4/c1-23-18-9-7-16(8-10-18)15-3-5-17(6-4-15)21(22)25-20-13-11-19(24-2)12-14-20/h3-14H,1-2H3. The predicted molar refractivity (Wildman–Crippen MR) is 96.4 cm³/mol. The van der Waals surface area contributed by atoms with Gasteiger partial charge in [0, 0.05) is 0 Å². The SMILES string of the molecule is COc1ccc(OC(=O)c2ccc(-c3ccc(OC)cc3)cc2)cc1. The van der Waals surface area contributed by atoms with E-state index in [0.29, 0.717) is 17.1 Å². The van der Waals surface area contributed by atoms with E-state index in [4.69, 9.17) is 14.2 Å². The van der Waals surface area contributed by atoms with Crippen molar-refractivity contribution < 1.29 is 19.0 Å². The van der Waals surface area contributed by atoms with Crippen molar-refractivity contribution in [2.75, 3.05) is 14.2 Å². The maximum absolute atomic E-state index is 12.2. The number of hydrogen-bond donors (Lipinski definition) is 0. The molecule has 0 aliphatic carbocycles. The fourth-order valence-electron chi connectivity index (χ4n) is 2.39. The molecule has 0 atom stereocenters. The minimum atomic E-state index is -0.397. The van der Waals surface area contributed by atoms with Crippen molar-refractivity contribution in [2.24, 2.45) is 0 Å². The van der Waals surface area contributed by atoms with Crippen molar-refractivity contribution in [1.82, 2.24) is 0 Å². The van der Waals surface area contributed by atoms with Gasteiger partial charge in [-0.2, -0.15) is 0 Å². The van der Waals surface area contributed by atoms with Crippen LogP contribution >= 0.6 is 0 Å². The van der Waals surface area contributed by atoms with Gasteiger partial charge < -0.3 is 14.2 Å².